The van der Waals surface area contributed by atoms with Crippen LogP contribution in [-0.4, -0.2) is 28.8 Å². The molecule has 1 aromatic heterocycles. The number of nitrogens with one attached hydrogen (secondary N) is 2. The Morgan fingerprint density at radius 2 is 2.04 bits per heavy atom. The molecule has 1 saturated heterocycles. The smallest absolute Gasteiger partial charge is 0.316 e. The summed E-state index contributed by atoms with van der Waals surface area (Å²) in [6.07, 6.45) is -4.50. The van der Waals surface area contributed by atoms with Gasteiger partial charge >= 0.3 is 6.18 Å². The summed E-state index contributed by atoms with van der Waals surface area (Å²) in [7, 11) is 0. The molecule has 1 amide bonds. The monoisotopic (exact) mass is 422 g/mol. The van der Waals surface area contributed by atoms with Crippen molar-refractivity contribution in [2.24, 2.45) is 11.8 Å². The van der Waals surface area contributed by atoms with Crippen LogP contribution in [0, 0.1) is 18.8 Å². The van der Waals surface area contributed by atoms with Crippen LogP contribution >= 0.6 is 24.0 Å². The Balaban J connectivity index is 0.00000261. The molecule has 0 spiro atoms. The van der Waals surface area contributed by atoms with E-state index in [1.54, 1.807) is 13.0 Å². The van der Waals surface area contributed by atoms with Gasteiger partial charge < -0.3 is 10.6 Å². The van der Waals surface area contributed by atoms with Crippen molar-refractivity contribution >= 4 is 35.7 Å². The van der Waals surface area contributed by atoms with E-state index in [1.807, 2.05) is 6.92 Å². The van der Waals surface area contributed by atoms with E-state index in [9.17, 15) is 18.0 Å². The highest BCUT2D eigenvalue weighted by Crippen LogP contribution is 2.34. The van der Waals surface area contributed by atoms with Gasteiger partial charge in [0.05, 0.1) is 22.0 Å². The third kappa shape index (κ3) is 4.56. The Hall–Kier alpha value is -1.77. The van der Waals surface area contributed by atoms with Crippen LogP contribution in [0.25, 0.3) is 5.69 Å². The van der Waals surface area contributed by atoms with Gasteiger partial charge in [-0.1, -0.05) is 18.5 Å². The summed E-state index contributed by atoms with van der Waals surface area (Å²) in [6.45, 7) is 5.05. The van der Waals surface area contributed by atoms with Gasteiger partial charge in [0.2, 0.25) is 5.91 Å². The number of carbonyl (C=O) groups is 1. The SMILES string of the molecule is Cc1cc(NC(=O)C(C)C2CNC2)n(-c2cc(C(F)(F)F)ccc2Cl)n1.Cl. The molecular formula is C17H19Cl2F3N4O. The fourth-order valence-corrected chi connectivity index (χ4v) is 2.94. The first-order valence-electron chi connectivity index (χ1n) is 8.12. The average molecular weight is 423 g/mol. The van der Waals surface area contributed by atoms with Crippen molar-refractivity contribution < 1.29 is 18.0 Å². The molecule has 1 aromatic carbocycles. The van der Waals surface area contributed by atoms with Gasteiger partial charge in [0.15, 0.2) is 0 Å². The predicted octanol–water partition coefficient (Wildman–Crippen LogP) is 4.07. The molecule has 1 fully saturated rings. The molecule has 3 rings (SSSR count). The number of halogens is 5. The quantitative estimate of drug-likeness (QED) is 0.780. The maximum absolute atomic E-state index is 13.0. The van der Waals surface area contributed by atoms with Crippen LogP contribution in [-0.2, 0) is 11.0 Å². The summed E-state index contributed by atoms with van der Waals surface area (Å²) in [5, 5.41) is 10.2. The summed E-state index contributed by atoms with van der Waals surface area (Å²) < 4.78 is 40.3. The first kappa shape index (κ1) is 21.5. The lowest BCUT2D eigenvalue weighted by atomic mass is 9.88. The Bertz CT molecular complexity index is 834. The van der Waals surface area contributed by atoms with Gasteiger partial charge in [-0.15, -0.1) is 12.4 Å². The molecule has 1 aliphatic rings. The van der Waals surface area contributed by atoms with Crippen molar-refractivity contribution in [1.82, 2.24) is 15.1 Å². The van der Waals surface area contributed by atoms with E-state index in [0.717, 1.165) is 25.2 Å². The van der Waals surface area contributed by atoms with Crippen LogP contribution in [0.5, 0.6) is 0 Å². The van der Waals surface area contributed by atoms with Crippen LogP contribution in [0.3, 0.4) is 0 Å². The Labute approximate surface area is 165 Å². The number of alkyl halides is 3. The lowest BCUT2D eigenvalue weighted by Crippen LogP contribution is -2.48. The van der Waals surface area contributed by atoms with Gasteiger partial charge in [0.1, 0.15) is 5.82 Å². The maximum atomic E-state index is 13.0. The molecule has 148 valence electrons. The summed E-state index contributed by atoms with van der Waals surface area (Å²) in [4.78, 5) is 12.5. The van der Waals surface area contributed by atoms with E-state index in [-0.39, 0.29) is 46.7 Å². The Morgan fingerprint density at radius 1 is 1.37 bits per heavy atom. The zero-order chi connectivity index (χ0) is 19.1. The van der Waals surface area contributed by atoms with Crippen LogP contribution in [0.4, 0.5) is 19.0 Å². The van der Waals surface area contributed by atoms with Crippen molar-refractivity contribution in [3.63, 3.8) is 0 Å². The fraction of sp³-hybridized carbons (Fsp3) is 0.412. The second kappa shape index (κ2) is 8.08. The number of aryl methyl sites for hydroxylation is 1. The van der Waals surface area contributed by atoms with Gasteiger partial charge in [-0.2, -0.15) is 18.3 Å². The van der Waals surface area contributed by atoms with E-state index >= 15 is 0 Å². The molecule has 0 radical (unpaired) electrons. The second-order valence-corrected chi connectivity index (χ2v) is 6.85. The lowest BCUT2D eigenvalue weighted by Gasteiger charge is -2.31. The zero-order valence-corrected chi connectivity index (χ0v) is 16.2. The van der Waals surface area contributed by atoms with Gasteiger partial charge in [-0.3, -0.25) is 4.79 Å². The van der Waals surface area contributed by atoms with E-state index in [1.165, 1.54) is 10.7 Å². The normalized spacial score (nSPS) is 15.6. The molecule has 2 heterocycles. The van der Waals surface area contributed by atoms with Gasteiger partial charge in [-0.25, -0.2) is 4.68 Å². The van der Waals surface area contributed by atoms with Crippen molar-refractivity contribution in [3.8, 4) is 5.69 Å². The minimum absolute atomic E-state index is 0. The highest BCUT2D eigenvalue weighted by Gasteiger charge is 2.32. The second-order valence-electron chi connectivity index (χ2n) is 6.44. The molecular weight excluding hydrogens is 404 g/mol. The number of aromatic nitrogens is 2. The summed E-state index contributed by atoms with van der Waals surface area (Å²) in [6, 6.07) is 4.60. The van der Waals surface area contributed by atoms with Crippen LogP contribution < -0.4 is 10.6 Å². The summed E-state index contributed by atoms with van der Waals surface area (Å²) >= 11 is 6.09. The number of nitrogens with zero attached hydrogens (tertiary/aromatic N) is 2. The molecule has 1 aliphatic heterocycles. The number of benzene rings is 1. The number of hydrogen-bond donors (Lipinski definition) is 2. The van der Waals surface area contributed by atoms with Crippen LogP contribution in [0.1, 0.15) is 18.2 Å². The third-order valence-corrected chi connectivity index (χ3v) is 4.84. The summed E-state index contributed by atoms with van der Waals surface area (Å²) in [5.74, 6) is 0.0927. The molecule has 1 unspecified atom stereocenters. The number of carbonyl (C=O) groups excluding carboxylic acids is 1. The first-order chi connectivity index (χ1) is 12.2. The van der Waals surface area contributed by atoms with Crippen molar-refractivity contribution in [3.05, 3.63) is 40.5 Å². The van der Waals surface area contributed by atoms with E-state index in [0.29, 0.717) is 5.69 Å². The average Bonchev–Trinajstić information content (AvgIpc) is 2.85. The van der Waals surface area contributed by atoms with Crippen LogP contribution in [0.15, 0.2) is 24.3 Å². The topological polar surface area (TPSA) is 59.0 Å². The number of rotatable bonds is 4. The first-order valence-corrected chi connectivity index (χ1v) is 8.50. The highest BCUT2D eigenvalue weighted by atomic mass is 35.5. The third-order valence-electron chi connectivity index (χ3n) is 4.52. The lowest BCUT2D eigenvalue weighted by molar-refractivity contribution is -0.137. The van der Waals surface area contributed by atoms with Crippen molar-refractivity contribution in [2.45, 2.75) is 20.0 Å². The molecule has 0 bridgehead atoms. The number of hydrogen-bond acceptors (Lipinski definition) is 3. The molecule has 2 N–H and O–H groups in total. The van der Waals surface area contributed by atoms with Crippen molar-refractivity contribution in [1.29, 1.82) is 0 Å². The van der Waals surface area contributed by atoms with E-state index in [4.69, 9.17) is 11.6 Å². The van der Waals surface area contributed by atoms with Crippen molar-refractivity contribution in [2.75, 3.05) is 18.4 Å². The highest BCUT2D eigenvalue weighted by molar-refractivity contribution is 6.32. The molecule has 27 heavy (non-hydrogen) atoms. The Morgan fingerprint density at radius 3 is 2.59 bits per heavy atom. The minimum atomic E-state index is -4.50. The molecule has 2 aromatic rings. The van der Waals surface area contributed by atoms with Gasteiger partial charge in [0.25, 0.3) is 0 Å². The predicted molar refractivity (Wildman–Crippen MR) is 99.7 cm³/mol. The van der Waals surface area contributed by atoms with Gasteiger partial charge in [-0.05, 0) is 44.1 Å². The zero-order valence-electron chi connectivity index (χ0n) is 14.6. The maximum Gasteiger partial charge on any atom is 0.416 e. The molecule has 5 nitrogen and oxygen atoms in total. The van der Waals surface area contributed by atoms with Crippen LogP contribution in [0.2, 0.25) is 5.02 Å². The number of amides is 1. The number of anilines is 1. The van der Waals surface area contributed by atoms with Gasteiger partial charge in [0, 0.05) is 12.0 Å². The molecule has 10 heteroatoms. The minimum Gasteiger partial charge on any atom is -0.316 e. The Kier molecular flexibility index (Phi) is 6.44. The standard InChI is InChI=1S/C17H18ClF3N4O.ClH/c1-9-5-15(23-16(26)10(2)11-7-22-8-11)25(24-9)14-6-12(17(19,20)21)3-4-13(14)18;/h3-6,10-11,22H,7-8H2,1-2H3,(H,23,26);1H. The molecule has 0 saturated carbocycles. The largest absolute Gasteiger partial charge is 0.416 e. The molecule has 0 aliphatic carbocycles. The van der Waals surface area contributed by atoms with E-state index in [2.05, 4.69) is 15.7 Å². The fourth-order valence-electron chi connectivity index (χ4n) is 2.74. The van der Waals surface area contributed by atoms with E-state index < -0.39 is 11.7 Å². The molecule has 1 atom stereocenters. The summed E-state index contributed by atoms with van der Waals surface area (Å²) in [5.41, 5.74) is -0.231.